The maximum absolute atomic E-state index is 10.0. The average molecular weight is 297 g/mol. The highest BCUT2D eigenvalue weighted by molar-refractivity contribution is 5.84. The highest BCUT2D eigenvalue weighted by Gasteiger charge is 2.15. The number of aliphatic hydroxyl groups excluding tert-OH is 1. The second kappa shape index (κ2) is 6.75. The van der Waals surface area contributed by atoms with Gasteiger partial charge in [-0.15, -0.1) is 0 Å². The molecule has 0 radical (unpaired) electrons. The number of phenols is 1. The minimum atomic E-state index is -0.320. The summed E-state index contributed by atoms with van der Waals surface area (Å²) in [5.41, 5.74) is 2.76. The number of nitrogens with zero attached hydrogens (tertiary/aromatic N) is 1. The SMILES string of the molecule is CC(C)(C)c1ccc(O)c(C=N[C@H](CO)c2ccccc2)c1. The summed E-state index contributed by atoms with van der Waals surface area (Å²) in [6.45, 7) is 6.31. The van der Waals surface area contributed by atoms with E-state index in [1.54, 1.807) is 12.3 Å². The van der Waals surface area contributed by atoms with Gasteiger partial charge in [0.05, 0.1) is 12.6 Å². The van der Waals surface area contributed by atoms with Crippen LogP contribution in [0.25, 0.3) is 0 Å². The van der Waals surface area contributed by atoms with Gasteiger partial charge in [0, 0.05) is 11.8 Å². The molecule has 2 rings (SSSR count). The Morgan fingerprint density at radius 1 is 1.09 bits per heavy atom. The molecule has 0 amide bonds. The fourth-order valence-electron chi connectivity index (χ4n) is 2.21. The summed E-state index contributed by atoms with van der Waals surface area (Å²) in [6, 6.07) is 14.9. The van der Waals surface area contributed by atoms with Gasteiger partial charge in [-0.1, -0.05) is 57.2 Å². The fourth-order valence-corrected chi connectivity index (χ4v) is 2.21. The Bertz CT molecular complexity index is 642. The first kappa shape index (κ1) is 16.2. The number of aliphatic hydroxyl groups is 1. The van der Waals surface area contributed by atoms with Crippen molar-refractivity contribution in [3.05, 3.63) is 65.2 Å². The van der Waals surface area contributed by atoms with Crippen molar-refractivity contribution in [1.82, 2.24) is 0 Å². The molecular weight excluding hydrogens is 274 g/mol. The summed E-state index contributed by atoms with van der Waals surface area (Å²) < 4.78 is 0. The summed E-state index contributed by atoms with van der Waals surface area (Å²) in [5, 5.41) is 19.5. The van der Waals surface area contributed by atoms with Crippen LogP contribution in [0, 0.1) is 0 Å². The lowest BCUT2D eigenvalue weighted by Gasteiger charge is -2.19. The van der Waals surface area contributed by atoms with Gasteiger partial charge < -0.3 is 10.2 Å². The van der Waals surface area contributed by atoms with E-state index in [4.69, 9.17) is 0 Å². The molecule has 0 spiro atoms. The fraction of sp³-hybridized carbons (Fsp3) is 0.316. The third kappa shape index (κ3) is 3.95. The normalized spacial score (nSPS) is 13.5. The Hall–Kier alpha value is -2.13. The average Bonchev–Trinajstić information content (AvgIpc) is 2.49. The summed E-state index contributed by atoms with van der Waals surface area (Å²) >= 11 is 0. The predicted molar refractivity (Wildman–Crippen MR) is 90.7 cm³/mol. The molecule has 0 heterocycles. The molecule has 0 aliphatic carbocycles. The van der Waals surface area contributed by atoms with Crippen LogP contribution >= 0.6 is 0 Å². The third-order valence-corrected chi connectivity index (χ3v) is 3.64. The molecule has 0 aliphatic heterocycles. The Morgan fingerprint density at radius 2 is 1.77 bits per heavy atom. The Kier molecular flexibility index (Phi) is 4.99. The lowest BCUT2D eigenvalue weighted by Crippen LogP contribution is -2.11. The minimum absolute atomic E-state index is 0.00605. The summed E-state index contributed by atoms with van der Waals surface area (Å²) in [5.74, 6) is 0.196. The number of benzene rings is 2. The van der Waals surface area contributed by atoms with Gasteiger partial charge in [0.25, 0.3) is 0 Å². The monoisotopic (exact) mass is 297 g/mol. The van der Waals surface area contributed by atoms with Crippen LogP contribution in [0.15, 0.2) is 53.5 Å². The number of aromatic hydroxyl groups is 1. The summed E-state index contributed by atoms with van der Waals surface area (Å²) in [6.07, 6.45) is 1.64. The van der Waals surface area contributed by atoms with Gasteiger partial charge in [-0.05, 0) is 28.7 Å². The van der Waals surface area contributed by atoms with Gasteiger partial charge in [-0.25, -0.2) is 0 Å². The van der Waals surface area contributed by atoms with E-state index in [1.165, 1.54) is 0 Å². The van der Waals surface area contributed by atoms with Gasteiger partial charge in [0.2, 0.25) is 0 Å². The molecule has 0 saturated carbocycles. The molecule has 3 nitrogen and oxygen atoms in total. The number of hydrogen-bond donors (Lipinski definition) is 2. The summed E-state index contributed by atoms with van der Waals surface area (Å²) in [4.78, 5) is 4.43. The van der Waals surface area contributed by atoms with E-state index in [0.717, 1.165) is 11.1 Å². The second-order valence-electron chi connectivity index (χ2n) is 6.41. The van der Waals surface area contributed by atoms with E-state index >= 15 is 0 Å². The van der Waals surface area contributed by atoms with Crippen LogP contribution in [-0.2, 0) is 5.41 Å². The molecule has 0 aliphatic rings. The van der Waals surface area contributed by atoms with Crippen molar-refractivity contribution in [2.24, 2.45) is 4.99 Å². The molecule has 1 atom stereocenters. The first-order valence-electron chi connectivity index (χ1n) is 7.44. The largest absolute Gasteiger partial charge is 0.507 e. The van der Waals surface area contributed by atoms with Crippen LogP contribution in [0.2, 0.25) is 0 Å². The standard InChI is InChI=1S/C19H23NO2/c1-19(2,3)16-9-10-18(22)15(11-16)12-20-17(13-21)14-7-5-4-6-8-14/h4-12,17,21-22H,13H2,1-3H3/t17-/m1/s1. The lowest BCUT2D eigenvalue weighted by molar-refractivity contribution is 0.269. The topological polar surface area (TPSA) is 52.8 Å². The van der Waals surface area contributed by atoms with E-state index in [2.05, 4.69) is 25.8 Å². The van der Waals surface area contributed by atoms with Crippen LogP contribution in [0.4, 0.5) is 0 Å². The van der Waals surface area contributed by atoms with Gasteiger partial charge in [0.15, 0.2) is 0 Å². The highest BCUT2D eigenvalue weighted by atomic mass is 16.3. The van der Waals surface area contributed by atoms with E-state index in [0.29, 0.717) is 5.56 Å². The third-order valence-electron chi connectivity index (χ3n) is 3.64. The maximum atomic E-state index is 10.0. The molecule has 0 aromatic heterocycles. The van der Waals surface area contributed by atoms with Gasteiger partial charge >= 0.3 is 0 Å². The molecule has 0 saturated heterocycles. The zero-order valence-electron chi connectivity index (χ0n) is 13.3. The number of hydrogen-bond acceptors (Lipinski definition) is 3. The van der Waals surface area contributed by atoms with Crippen LogP contribution in [0.3, 0.4) is 0 Å². The molecule has 3 heteroatoms. The maximum Gasteiger partial charge on any atom is 0.124 e. The van der Waals surface area contributed by atoms with E-state index in [9.17, 15) is 10.2 Å². The van der Waals surface area contributed by atoms with E-state index in [1.807, 2.05) is 42.5 Å². The molecule has 116 valence electrons. The Labute approximate surface area is 132 Å². The zero-order chi connectivity index (χ0) is 16.2. The molecule has 2 aromatic carbocycles. The van der Waals surface area contributed by atoms with Crippen molar-refractivity contribution in [1.29, 1.82) is 0 Å². The number of rotatable bonds is 4. The molecule has 0 bridgehead atoms. The number of aliphatic imine (C=N–C) groups is 1. The Morgan fingerprint density at radius 3 is 2.36 bits per heavy atom. The van der Waals surface area contributed by atoms with Gasteiger partial charge in [0.1, 0.15) is 5.75 Å². The summed E-state index contributed by atoms with van der Waals surface area (Å²) in [7, 11) is 0. The lowest BCUT2D eigenvalue weighted by atomic mass is 9.86. The quantitative estimate of drug-likeness (QED) is 0.842. The van der Waals surface area contributed by atoms with Crippen LogP contribution < -0.4 is 0 Å². The van der Waals surface area contributed by atoms with Crippen molar-refractivity contribution in [2.45, 2.75) is 32.2 Å². The van der Waals surface area contributed by atoms with Crippen molar-refractivity contribution < 1.29 is 10.2 Å². The van der Waals surface area contributed by atoms with Crippen molar-refractivity contribution >= 4 is 6.21 Å². The van der Waals surface area contributed by atoms with E-state index < -0.39 is 0 Å². The zero-order valence-corrected chi connectivity index (χ0v) is 13.3. The van der Waals surface area contributed by atoms with Crippen molar-refractivity contribution in [3.63, 3.8) is 0 Å². The van der Waals surface area contributed by atoms with Crippen LogP contribution in [-0.4, -0.2) is 23.0 Å². The first-order valence-corrected chi connectivity index (χ1v) is 7.44. The minimum Gasteiger partial charge on any atom is -0.507 e. The molecular formula is C19H23NO2. The Balaban J connectivity index is 2.29. The van der Waals surface area contributed by atoms with Gasteiger partial charge in [-0.2, -0.15) is 0 Å². The van der Waals surface area contributed by atoms with Crippen LogP contribution in [0.5, 0.6) is 5.75 Å². The van der Waals surface area contributed by atoms with Crippen molar-refractivity contribution in [2.75, 3.05) is 6.61 Å². The predicted octanol–water partition coefficient (Wildman–Crippen LogP) is 3.84. The molecule has 22 heavy (non-hydrogen) atoms. The first-order chi connectivity index (χ1) is 10.4. The highest BCUT2D eigenvalue weighted by Crippen LogP contribution is 2.27. The molecule has 0 fully saturated rings. The second-order valence-corrected chi connectivity index (χ2v) is 6.41. The number of phenolic OH excluding ortho intramolecular Hbond substituents is 1. The molecule has 2 aromatic rings. The molecule has 2 N–H and O–H groups in total. The van der Waals surface area contributed by atoms with Gasteiger partial charge in [-0.3, -0.25) is 4.99 Å². The van der Waals surface area contributed by atoms with E-state index in [-0.39, 0.29) is 23.8 Å². The van der Waals surface area contributed by atoms with Crippen LogP contribution in [0.1, 0.15) is 43.5 Å². The smallest absolute Gasteiger partial charge is 0.124 e. The molecule has 0 unspecified atom stereocenters. The van der Waals surface area contributed by atoms with Crippen molar-refractivity contribution in [3.8, 4) is 5.75 Å².